The van der Waals surface area contributed by atoms with E-state index in [1.165, 1.54) is 11.3 Å². The molecule has 2 heterocycles. The molecule has 0 saturated heterocycles. The summed E-state index contributed by atoms with van der Waals surface area (Å²) in [4.78, 5) is 1.16. The Kier molecular flexibility index (Phi) is 4.66. The van der Waals surface area contributed by atoms with Gasteiger partial charge in [-0.15, -0.1) is 22.7 Å². The third-order valence-corrected chi connectivity index (χ3v) is 7.15. The molecule has 4 nitrogen and oxygen atoms in total. The standard InChI is InChI=1S/C13H18N2O2S3/c1-13(2,11-4-3-5-18-11)9-15-20(16,17)12-6-10(7-14)8-19-12/h3-6,8,15H,7,9,14H2,1-2H3. The summed E-state index contributed by atoms with van der Waals surface area (Å²) in [5, 5.41) is 3.78. The summed E-state index contributed by atoms with van der Waals surface area (Å²) < 4.78 is 27.5. The number of hydrogen-bond donors (Lipinski definition) is 2. The zero-order valence-corrected chi connectivity index (χ0v) is 13.9. The highest BCUT2D eigenvalue weighted by molar-refractivity contribution is 7.91. The van der Waals surface area contributed by atoms with E-state index in [2.05, 4.69) is 4.72 Å². The largest absolute Gasteiger partial charge is 0.326 e. The third-order valence-electron chi connectivity index (χ3n) is 3.02. The molecule has 0 fully saturated rings. The van der Waals surface area contributed by atoms with Gasteiger partial charge in [0, 0.05) is 23.4 Å². The Hall–Kier alpha value is -0.730. The maximum Gasteiger partial charge on any atom is 0.250 e. The summed E-state index contributed by atoms with van der Waals surface area (Å²) in [5.74, 6) is 0. The number of nitrogens with one attached hydrogen (secondary N) is 1. The summed E-state index contributed by atoms with van der Waals surface area (Å²) in [5.41, 5.74) is 6.12. The van der Waals surface area contributed by atoms with Crippen molar-refractivity contribution >= 4 is 32.7 Å². The van der Waals surface area contributed by atoms with Gasteiger partial charge in [-0.3, -0.25) is 0 Å². The predicted molar refractivity (Wildman–Crippen MR) is 84.7 cm³/mol. The average Bonchev–Trinajstić information content (AvgIpc) is 3.07. The third kappa shape index (κ3) is 3.48. The first-order valence-electron chi connectivity index (χ1n) is 6.16. The van der Waals surface area contributed by atoms with Crippen molar-refractivity contribution in [2.45, 2.75) is 30.0 Å². The van der Waals surface area contributed by atoms with Crippen molar-refractivity contribution in [2.24, 2.45) is 5.73 Å². The van der Waals surface area contributed by atoms with Crippen LogP contribution >= 0.6 is 22.7 Å². The molecule has 0 saturated carbocycles. The summed E-state index contributed by atoms with van der Waals surface area (Å²) in [6, 6.07) is 5.63. The van der Waals surface area contributed by atoms with Crippen molar-refractivity contribution < 1.29 is 8.42 Å². The minimum absolute atomic E-state index is 0.227. The topological polar surface area (TPSA) is 72.2 Å². The second-order valence-corrected chi connectivity index (χ2v) is 9.02. The molecular formula is C13H18N2O2S3. The highest BCUT2D eigenvalue weighted by Gasteiger charge is 2.25. The molecule has 0 aromatic carbocycles. The van der Waals surface area contributed by atoms with Gasteiger partial charge in [-0.25, -0.2) is 13.1 Å². The van der Waals surface area contributed by atoms with Gasteiger partial charge in [0.25, 0.3) is 0 Å². The van der Waals surface area contributed by atoms with Crippen molar-refractivity contribution in [2.75, 3.05) is 6.54 Å². The van der Waals surface area contributed by atoms with Gasteiger partial charge in [0.2, 0.25) is 10.0 Å². The second kappa shape index (κ2) is 5.95. The Balaban J connectivity index is 2.09. The Morgan fingerprint density at radius 2 is 2.10 bits per heavy atom. The smallest absolute Gasteiger partial charge is 0.250 e. The van der Waals surface area contributed by atoms with Gasteiger partial charge in [-0.05, 0) is 28.5 Å². The van der Waals surface area contributed by atoms with Crippen LogP contribution in [-0.2, 0) is 22.0 Å². The highest BCUT2D eigenvalue weighted by Crippen LogP contribution is 2.27. The molecule has 20 heavy (non-hydrogen) atoms. The van der Waals surface area contributed by atoms with Crippen molar-refractivity contribution in [3.63, 3.8) is 0 Å². The molecule has 110 valence electrons. The summed E-state index contributed by atoms with van der Waals surface area (Å²) >= 11 is 2.84. The molecule has 0 aliphatic heterocycles. The van der Waals surface area contributed by atoms with Crippen LogP contribution in [0.4, 0.5) is 0 Å². The van der Waals surface area contributed by atoms with Crippen LogP contribution in [0, 0.1) is 0 Å². The molecule has 0 radical (unpaired) electrons. The fourth-order valence-electron chi connectivity index (χ4n) is 1.70. The molecule has 3 N–H and O–H groups in total. The van der Waals surface area contributed by atoms with Crippen molar-refractivity contribution in [1.29, 1.82) is 0 Å². The zero-order valence-electron chi connectivity index (χ0n) is 11.4. The van der Waals surface area contributed by atoms with Crippen LogP contribution in [0.2, 0.25) is 0 Å². The normalized spacial score (nSPS) is 12.8. The number of hydrogen-bond acceptors (Lipinski definition) is 5. The summed E-state index contributed by atoms with van der Waals surface area (Å²) in [7, 11) is -3.46. The van der Waals surface area contributed by atoms with Crippen molar-refractivity contribution in [1.82, 2.24) is 4.72 Å². The van der Waals surface area contributed by atoms with Crippen LogP contribution in [0.25, 0.3) is 0 Å². The van der Waals surface area contributed by atoms with Gasteiger partial charge in [0.15, 0.2) is 0 Å². The number of rotatable bonds is 6. The second-order valence-electron chi connectivity index (χ2n) is 5.16. The first kappa shape index (κ1) is 15.7. The molecule has 0 amide bonds. The van der Waals surface area contributed by atoms with Crippen molar-refractivity contribution in [3.8, 4) is 0 Å². The summed E-state index contributed by atoms with van der Waals surface area (Å²) in [6.45, 7) is 4.78. The lowest BCUT2D eigenvalue weighted by Crippen LogP contribution is -2.35. The van der Waals surface area contributed by atoms with E-state index in [-0.39, 0.29) is 5.41 Å². The quantitative estimate of drug-likeness (QED) is 0.855. The molecule has 7 heteroatoms. The maximum atomic E-state index is 12.2. The zero-order chi connectivity index (χ0) is 14.8. The van der Waals surface area contributed by atoms with E-state index < -0.39 is 10.0 Å². The lowest BCUT2D eigenvalue weighted by Gasteiger charge is -2.23. The first-order valence-corrected chi connectivity index (χ1v) is 9.40. The van der Waals surface area contributed by atoms with E-state index in [0.717, 1.165) is 10.4 Å². The average molecular weight is 330 g/mol. The minimum Gasteiger partial charge on any atom is -0.326 e. The fraction of sp³-hybridized carbons (Fsp3) is 0.385. The van der Waals surface area contributed by atoms with Crippen LogP contribution in [0.1, 0.15) is 24.3 Å². The van der Waals surface area contributed by atoms with Crippen LogP contribution in [-0.4, -0.2) is 15.0 Å². The Labute approximate surface area is 127 Å². The molecule has 0 aliphatic carbocycles. The van der Waals surface area contributed by atoms with Crippen LogP contribution in [0.3, 0.4) is 0 Å². The summed E-state index contributed by atoms with van der Waals surface area (Å²) in [6.07, 6.45) is 0. The lowest BCUT2D eigenvalue weighted by molar-refractivity contribution is 0.510. The van der Waals surface area contributed by atoms with Crippen molar-refractivity contribution in [3.05, 3.63) is 39.4 Å². The van der Waals surface area contributed by atoms with E-state index in [0.29, 0.717) is 17.3 Å². The lowest BCUT2D eigenvalue weighted by atomic mass is 9.92. The Morgan fingerprint density at radius 3 is 2.65 bits per heavy atom. The van der Waals surface area contributed by atoms with Gasteiger partial charge >= 0.3 is 0 Å². The molecule has 0 bridgehead atoms. The van der Waals surface area contributed by atoms with Crippen LogP contribution < -0.4 is 10.5 Å². The van der Waals surface area contributed by atoms with Gasteiger partial charge in [-0.1, -0.05) is 19.9 Å². The highest BCUT2D eigenvalue weighted by atomic mass is 32.2. The van der Waals surface area contributed by atoms with E-state index >= 15 is 0 Å². The number of nitrogens with two attached hydrogens (primary N) is 1. The van der Waals surface area contributed by atoms with Gasteiger partial charge < -0.3 is 5.73 Å². The van der Waals surface area contributed by atoms with Crippen LogP contribution in [0.5, 0.6) is 0 Å². The molecule has 2 aromatic rings. The number of sulfonamides is 1. The van der Waals surface area contributed by atoms with Gasteiger partial charge in [-0.2, -0.15) is 0 Å². The monoisotopic (exact) mass is 330 g/mol. The minimum atomic E-state index is -3.46. The van der Waals surface area contributed by atoms with E-state index in [9.17, 15) is 8.42 Å². The molecule has 0 atom stereocenters. The first-order chi connectivity index (χ1) is 9.35. The molecule has 2 rings (SSSR count). The van der Waals surface area contributed by atoms with Gasteiger partial charge in [0.05, 0.1) is 0 Å². The molecule has 0 unspecified atom stereocenters. The van der Waals surface area contributed by atoms with E-state index in [1.807, 2.05) is 31.4 Å². The fourth-order valence-corrected chi connectivity index (χ4v) is 5.03. The molecule has 0 aliphatic rings. The molecular weight excluding hydrogens is 312 g/mol. The van der Waals surface area contributed by atoms with E-state index in [1.54, 1.807) is 22.8 Å². The maximum absolute atomic E-state index is 12.2. The SMILES string of the molecule is CC(C)(CNS(=O)(=O)c1cc(CN)cs1)c1cccs1. The van der Waals surface area contributed by atoms with E-state index in [4.69, 9.17) is 5.73 Å². The number of thiophene rings is 2. The van der Waals surface area contributed by atoms with Crippen LogP contribution in [0.15, 0.2) is 33.2 Å². The Bertz CT molecular complexity index is 658. The molecule has 2 aromatic heterocycles. The van der Waals surface area contributed by atoms with Gasteiger partial charge in [0.1, 0.15) is 4.21 Å². The Morgan fingerprint density at radius 1 is 1.35 bits per heavy atom. The molecule has 0 spiro atoms. The predicted octanol–water partition coefficient (Wildman–Crippen LogP) is 2.52.